The third-order valence-electron chi connectivity index (χ3n) is 5.16. The smallest absolute Gasteiger partial charge is 0.255 e. The minimum absolute atomic E-state index is 0.219. The van der Waals surface area contributed by atoms with Crippen molar-refractivity contribution >= 4 is 46.6 Å². The summed E-state index contributed by atoms with van der Waals surface area (Å²) in [6.07, 6.45) is 2.17. The maximum Gasteiger partial charge on any atom is 0.255 e. The summed E-state index contributed by atoms with van der Waals surface area (Å²) in [6, 6.07) is 10.6. The SMILES string of the molecule is O=C(Nc1cc(F)cc(N2CCCC2)c1)C1CSCN1C(=O)c1ccc(Cl)cc1. The molecule has 0 aromatic heterocycles. The number of carbonyl (C=O) groups is 2. The van der Waals surface area contributed by atoms with E-state index < -0.39 is 6.04 Å². The van der Waals surface area contributed by atoms with E-state index in [-0.39, 0.29) is 17.6 Å². The molecule has 0 saturated carbocycles. The Hall–Kier alpha value is -2.25. The van der Waals surface area contributed by atoms with Gasteiger partial charge in [0.05, 0.1) is 5.88 Å². The number of nitrogens with zero attached hydrogens (tertiary/aromatic N) is 2. The van der Waals surface area contributed by atoms with Gasteiger partial charge in [0, 0.05) is 40.8 Å². The second-order valence-corrected chi connectivity index (χ2v) is 8.62. The molecule has 1 atom stereocenters. The first-order valence-corrected chi connectivity index (χ1v) is 11.1. The molecule has 1 unspecified atom stereocenters. The third-order valence-corrected chi connectivity index (χ3v) is 6.42. The number of anilines is 2. The number of hydrogen-bond acceptors (Lipinski definition) is 4. The predicted molar refractivity (Wildman–Crippen MR) is 115 cm³/mol. The fourth-order valence-corrected chi connectivity index (χ4v) is 4.93. The molecule has 2 aliphatic rings. The van der Waals surface area contributed by atoms with Gasteiger partial charge in [0.15, 0.2) is 0 Å². The van der Waals surface area contributed by atoms with E-state index in [1.165, 1.54) is 23.9 Å². The average molecular weight is 434 g/mol. The maximum atomic E-state index is 14.1. The standard InChI is InChI=1S/C21H21ClFN3O2S/c22-15-5-3-14(4-6-15)21(28)26-13-29-12-19(26)20(27)24-17-9-16(23)10-18(11-17)25-7-1-2-8-25/h3-6,9-11,19H,1-2,7-8,12-13H2,(H,24,27). The minimum atomic E-state index is -0.610. The van der Waals surface area contributed by atoms with Crippen LogP contribution in [0.5, 0.6) is 0 Å². The number of amides is 2. The first-order chi connectivity index (χ1) is 14.0. The second-order valence-electron chi connectivity index (χ2n) is 7.18. The predicted octanol–water partition coefficient (Wildman–Crippen LogP) is 4.23. The van der Waals surface area contributed by atoms with Gasteiger partial charge in [-0.25, -0.2) is 4.39 Å². The molecular formula is C21H21ClFN3O2S. The Morgan fingerprint density at radius 3 is 2.55 bits per heavy atom. The third kappa shape index (κ3) is 4.51. The average Bonchev–Trinajstić information content (AvgIpc) is 3.39. The zero-order valence-electron chi connectivity index (χ0n) is 15.7. The van der Waals surface area contributed by atoms with Gasteiger partial charge in [-0.15, -0.1) is 11.8 Å². The van der Waals surface area contributed by atoms with Crippen LogP contribution in [0.15, 0.2) is 42.5 Å². The van der Waals surface area contributed by atoms with Crippen molar-refractivity contribution in [3.8, 4) is 0 Å². The first-order valence-electron chi connectivity index (χ1n) is 9.52. The van der Waals surface area contributed by atoms with Crippen LogP contribution in [0.3, 0.4) is 0 Å². The van der Waals surface area contributed by atoms with Crippen LogP contribution in [0.4, 0.5) is 15.8 Å². The fourth-order valence-electron chi connectivity index (χ4n) is 3.65. The summed E-state index contributed by atoms with van der Waals surface area (Å²) in [7, 11) is 0. The van der Waals surface area contributed by atoms with Crippen molar-refractivity contribution in [2.75, 3.05) is 34.9 Å². The Balaban J connectivity index is 1.49. The van der Waals surface area contributed by atoms with E-state index in [2.05, 4.69) is 10.2 Å². The van der Waals surface area contributed by atoms with Gasteiger partial charge in [-0.05, 0) is 55.3 Å². The van der Waals surface area contributed by atoms with Crippen LogP contribution < -0.4 is 10.2 Å². The van der Waals surface area contributed by atoms with Gasteiger partial charge in [-0.3, -0.25) is 9.59 Å². The highest BCUT2D eigenvalue weighted by atomic mass is 35.5. The molecule has 2 fully saturated rings. The topological polar surface area (TPSA) is 52.7 Å². The molecule has 0 aliphatic carbocycles. The van der Waals surface area contributed by atoms with Crippen LogP contribution >= 0.6 is 23.4 Å². The molecule has 2 aromatic rings. The summed E-state index contributed by atoms with van der Waals surface area (Å²) in [4.78, 5) is 29.4. The van der Waals surface area contributed by atoms with Crippen LogP contribution in [-0.2, 0) is 4.79 Å². The Morgan fingerprint density at radius 2 is 1.83 bits per heavy atom. The molecule has 2 aromatic carbocycles. The molecule has 152 valence electrons. The summed E-state index contributed by atoms with van der Waals surface area (Å²) in [5.74, 6) is 0.0139. The molecule has 0 bridgehead atoms. The second kappa shape index (κ2) is 8.63. The van der Waals surface area contributed by atoms with Crippen LogP contribution in [-0.4, -0.2) is 47.5 Å². The van der Waals surface area contributed by atoms with Crippen molar-refractivity contribution in [1.82, 2.24) is 4.90 Å². The van der Waals surface area contributed by atoms with Crippen LogP contribution in [0, 0.1) is 5.82 Å². The van der Waals surface area contributed by atoms with Crippen molar-refractivity contribution in [2.24, 2.45) is 0 Å². The molecule has 2 heterocycles. The van der Waals surface area contributed by atoms with Crippen molar-refractivity contribution < 1.29 is 14.0 Å². The van der Waals surface area contributed by atoms with Gasteiger partial charge < -0.3 is 15.1 Å². The van der Waals surface area contributed by atoms with E-state index in [0.29, 0.717) is 27.9 Å². The van der Waals surface area contributed by atoms with Gasteiger partial charge in [-0.2, -0.15) is 0 Å². The maximum absolute atomic E-state index is 14.1. The quantitative estimate of drug-likeness (QED) is 0.783. The fraction of sp³-hybridized carbons (Fsp3) is 0.333. The summed E-state index contributed by atoms with van der Waals surface area (Å²) >= 11 is 7.41. The largest absolute Gasteiger partial charge is 0.371 e. The van der Waals surface area contributed by atoms with Gasteiger partial charge in [-0.1, -0.05) is 11.6 Å². The highest BCUT2D eigenvalue weighted by molar-refractivity contribution is 7.99. The lowest BCUT2D eigenvalue weighted by Crippen LogP contribution is -2.44. The summed E-state index contributed by atoms with van der Waals surface area (Å²) < 4.78 is 14.1. The monoisotopic (exact) mass is 433 g/mol. The Labute approximate surface area is 178 Å². The van der Waals surface area contributed by atoms with E-state index in [4.69, 9.17) is 11.6 Å². The molecule has 0 spiro atoms. The number of halogens is 2. The number of nitrogens with one attached hydrogen (secondary N) is 1. The van der Waals surface area contributed by atoms with Crippen molar-refractivity contribution in [3.05, 3.63) is 58.9 Å². The molecule has 0 radical (unpaired) electrons. The lowest BCUT2D eigenvalue weighted by Gasteiger charge is -2.24. The van der Waals surface area contributed by atoms with Crippen molar-refractivity contribution in [3.63, 3.8) is 0 Å². The van der Waals surface area contributed by atoms with Crippen LogP contribution in [0.2, 0.25) is 5.02 Å². The van der Waals surface area contributed by atoms with Gasteiger partial charge >= 0.3 is 0 Å². The van der Waals surface area contributed by atoms with Gasteiger partial charge in [0.2, 0.25) is 5.91 Å². The molecule has 5 nitrogen and oxygen atoms in total. The van der Waals surface area contributed by atoms with Crippen LogP contribution in [0.1, 0.15) is 23.2 Å². The van der Waals surface area contributed by atoms with E-state index >= 15 is 0 Å². The Bertz CT molecular complexity index is 919. The minimum Gasteiger partial charge on any atom is -0.371 e. The molecule has 2 amide bonds. The zero-order chi connectivity index (χ0) is 20.4. The normalized spacial score (nSPS) is 18.9. The van der Waals surface area contributed by atoms with E-state index in [9.17, 15) is 14.0 Å². The summed E-state index contributed by atoms with van der Waals surface area (Å²) in [5.41, 5.74) is 1.66. The molecule has 1 N–H and O–H groups in total. The van der Waals surface area contributed by atoms with E-state index in [0.717, 1.165) is 31.6 Å². The van der Waals surface area contributed by atoms with Crippen LogP contribution in [0.25, 0.3) is 0 Å². The Kier molecular flexibility index (Phi) is 5.96. The summed E-state index contributed by atoms with van der Waals surface area (Å²) in [5, 5.41) is 3.35. The van der Waals surface area contributed by atoms with E-state index in [1.807, 2.05) is 0 Å². The number of thioether (sulfide) groups is 1. The number of carbonyl (C=O) groups excluding carboxylic acids is 2. The number of benzene rings is 2. The lowest BCUT2D eigenvalue weighted by molar-refractivity contribution is -0.119. The highest BCUT2D eigenvalue weighted by Crippen LogP contribution is 2.28. The molecule has 2 saturated heterocycles. The molecule has 4 rings (SSSR count). The molecule has 8 heteroatoms. The number of hydrogen-bond donors (Lipinski definition) is 1. The first kappa shape index (κ1) is 20.0. The molecule has 2 aliphatic heterocycles. The number of rotatable bonds is 4. The summed E-state index contributed by atoms with van der Waals surface area (Å²) in [6.45, 7) is 1.78. The van der Waals surface area contributed by atoms with Gasteiger partial charge in [0.25, 0.3) is 5.91 Å². The molecular weight excluding hydrogens is 413 g/mol. The van der Waals surface area contributed by atoms with E-state index in [1.54, 1.807) is 35.2 Å². The highest BCUT2D eigenvalue weighted by Gasteiger charge is 2.35. The van der Waals surface area contributed by atoms with Gasteiger partial charge in [0.1, 0.15) is 11.9 Å². The van der Waals surface area contributed by atoms with Crippen molar-refractivity contribution in [1.29, 1.82) is 0 Å². The lowest BCUT2D eigenvalue weighted by atomic mass is 10.1. The zero-order valence-corrected chi connectivity index (χ0v) is 17.3. The molecule has 29 heavy (non-hydrogen) atoms. The Morgan fingerprint density at radius 1 is 1.10 bits per heavy atom. The van der Waals surface area contributed by atoms with Crippen molar-refractivity contribution in [2.45, 2.75) is 18.9 Å².